The zero-order valence-corrected chi connectivity index (χ0v) is 9.56. The maximum atomic E-state index is 11.9. The number of anilines is 1. The SMILES string of the molecule is CN(C)C(=O)c1cc(N)ccc1OC1CC1. The van der Waals surface area contributed by atoms with E-state index in [-0.39, 0.29) is 12.0 Å². The quantitative estimate of drug-likeness (QED) is 0.785. The van der Waals surface area contributed by atoms with Crippen molar-refractivity contribution in [2.75, 3.05) is 19.8 Å². The topological polar surface area (TPSA) is 55.6 Å². The van der Waals surface area contributed by atoms with E-state index in [1.165, 1.54) is 4.90 Å². The minimum Gasteiger partial charge on any atom is -0.490 e. The molecule has 0 saturated heterocycles. The molecule has 4 heteroatoms. The molecule has 4 nitrogen and oxygen atoms in total. The molecule has 16 heavy (non-hydrogen) atoms. The van der Waals surface area contributed by atoms with Crippen LogP contribution < -0.4 is 10.5 Å². The van der Waals surface area contributed by atoms with Crippen molar-refractivity contribution in [3.8, 4) is 5.75 Å². The summed E-state index contributed by atoms with van der Waals surface area (Å²) in [4.78, 5) is 13.4. The fraction of sp³-hybridized carbons (Fsp3) is 0.417. The van der Waals surface area contributed by atoms with Crippen molar-refractivity contribution < 1.29 is 9.53 Å². The zero-order chi connectivity index (χ0) is 11.7. The molecule has 2 N–H and O–H groups in total. The Kier molecular flexibility index (Phi) is 2.73. The number of carbonyl (C=O) groups excluding carboxylic acids is 1. The summed E-state index contributed by atoms with van der Waals surface area (Å²) in [6.45, 7) is 0. The summed E-state index contributed by atoms with van der Waals surface area (Å²) in [5.74, 6) is 0.554. The second kappa shape index (κ2) is 4.04. The van der Waals surface area contributed by atoms with E-state index in [4.69, 9.17) is 10.5 Å². The molecule has 0 unspecified atom stereocenters. The second-order valence-electron chi connectivity index (χ2n) is 4.27. The van der Waals surface area contributed by atoms with Crippen LogP contribution in [0.2, 0.25) is 0 Å². The van der Waals surface area contributed by atoms with Gasteiger partial charge in [-0.15, -0.1) is 0 Å². The Labute approximate surface area is 95.0 Å². The number of rotatable bonds is 3. The number of carbonyl (C=O) groups is 1. The average Bonchev–Trinajstić information content (AvgIpc) is 3.03. The highest BCUT2D eigenvalue weighted by Crippen LogP contribution is 2.30. The van der Waals surface area contributed by atoms with E-state index >= 15 is 0 Å². The van der Waals surface area contributed by atoms with Crippen molar-refractivity contribution in [2.45, 2.75) is 18.9 Å². The Balaban J connectivity index is 2.30. The van der Waals surface area contributed by atoms with Gasteiger partial charge < -0.3 is 15.4 Å². The highest BCUT2D eigenvalue weighted by Gasteiger charge is 2.26. The molecule has 1 saturated carbocycles. The molecule has 0 spiro atoms. The van der Waals surface area contributed by atoms with Gasteiger partial charge in [0.2, 0.25) is 0 Å². The number of nitrogens with two attached hydrogens (primary N) is 1. The van der Waals surface area contributed by atoms with Gasteiger partial charge in [0.1, 0.15) is 5.75 Å². The first kappa shape index (κ1) is 10.8. The van der Waals surface area contributed by atoms with E-state index in [0.717, 1.165) is 12.8 Å². The number of amides is 1. The van der Waals surface area contributed by atoms with E-state index in [9.17, 15) is 4.79 Å². The minimum atomic E-state index is -0.0806. The summed E-state index contributed by atoms with van der Waals surface area (Å²) in [5.41, 5.74) is 6.80. The zero-order valence-electron chi connectivity index (χ0n) is 9.56. The molecule has 0 heterocycles. The summed E-state index contributed by atoms with van der Waals surface area (Å²) in [5, 5.41) is 0. The van der Waals surface area contributed by atoms with Gasteiger partial charge in [0.25, 0.3) is 5.91 Å². The summed E-state index contributed by atoms with van der Waals surface area (Å²) in [6.07, 6.45) is 2.41. The first-order valence-electron chi connectivity index (χ1n) is 5.36. The van der Waals surface area contributed by atoms with Gasteiger partial charge in [-0.3, -0.25) is 4.79 Å². The lowest BCUT2D eigenvalue weighted by atomic mass is 10.1. The van der Waals surface area contributed by atoms with Gasteiger partial charge in [0, 0.05) is 19.8 Å². The van der Waals surface area contributed by atoms with Crippen LogP contribution in [0, 0.1) is 0 Å². The van der Waals surface area contributed by atoms with Gasteiger partial charge in [-0.2, -0.15) is 0 Å². The van der Waals surface area contributed by atoms with Crippen LogP contribution in [0.15, 0.2) is 18.2 Å². The van der Waals surface area contributed by atoms with Crippen LogP contribution in [0.4, 0.5) is 5.69 Å². The Hall–Kier alpha value is -1.71. The van der Waals surface area contributed by atoms with E-state index in [0.29, 0.717) is 17.0 Å². The van der Waals surface area contributed by atoms with Crippen molar-refractivity contribution in [1.82, 2.24) is 4.90 Å². The highest BCUT2D eigenvalue weighted by atomic mass is 16.5. The van der Waals surface area contributed by atoms with Gasteiger partial charge in [-0.1, -0.05) is 0 Å². The number of ether oxygens (including phenoxy) is 1. The molecule has 2 rings (SSSR count). The van der Waals surface area contributed by atoms with Crippen molar-refractivity contribution in [2.24, 2.45) is 0 Å². The van der Waals surface area contributed by atoms with Crippen LogP contribution in [0.1, 0.15) is 23.2 Å². The molecule has 1 aromatic carbocycles. The van der Waals surface area contributed by atoms with E-state index < -0.39 is 0 Å². The van der Waals surface area contributed by atoms with Crippen LogP contribution in [-0.4, -0.2) is 31.0 Å². The van der Waals surface area contributed by atoms with Gasteiger partial charge in [-0.05, 0) is 31.0 Å². The lowest BCUT2D eigenvalue weighted by molar-refractivity contribution is 0.0823. The molecular formula is C12H16N2O2. The standard InChI is InChI=1S/C12H16N2O2/c1-14(2)12(15)10-7-8(13)3-6-11(10)16-9-4-5-9/h3,6-7,9H,4-5,13H2,1-2H3. The van der Waals surface area contributed by atoms with Gasteiger partial charge in [0.05, 0.1) is 11.7 Å². The summed E-state index contributed by atoms with van der Waals surface area (Å²) < 4.78 is 5.68. The predicted octanol–water partition coefficient (Wildman–Crippen LogP) is 1.51. The Morgan fingerprint density at radius 2 is 2.12 bits per heavy atom. The summed E-state index contributed by atoms with van der Waals surface area (Å²) in [7, 11) is 3.43. The number of benzene rings is 1. The highest BCUT2D eigenvalue weighted by molar-refractivity contribution is 5.97. The molecule has 1 aliphatic carbocycles. The molecule has 0 aromatic heterocycles. The Morgan fingerprint density at radius 3 is 2.69 bits per heavy atom. The van der Waals surface area contributed by atoms with Crippen molar-refractivity contribution in [1.29, 1.82) is 0 Å². The second-order valence-corrected chi connectivity index (χ2v) is 4.27. The summed E-state index contributed by atoms with van der Waals surface area (Å²) >= 11 is 0. The van der Waals surface area contributed by atoms with E-state index in [2.05, 4.69) is 0 Å². The minimum absolute atomic E-state index is 0.0806. The molecule has 1 fully saturated rings. The van der Waals surface area contributed by atoms with Crippen molar-refractivity contribution >= 4 is 11.6 Å². The Bertz CT molecular complexity index is 411. The summed E-state index contributed by atoms with van der Waals surface area (Å²) in [6, 6.07) is 5.19. The molecule has 0 aliphatic heterocycles. The molecule has 0 radical (unpaired) electrons. The number of hydrogen-bond acceptors (Lipinski definition) is 3. The first-order chi connectivity index (χ1) is 7.58. The normalized spacial score (nSPS) is 14.6. The average molecular weight is 220 g/mol. The predicted molar refractivity (Wildman–Crippen MR) is 62.5 cm³/mol. The van der Waals surface area contributed by atoms with Crippen LogP contribution in [0.5, 0.6) is 5.75 Å². The lowest BCUT2D eigenvalue weighted by Gasteiger charge is -2.15. The van der Waals surface area contributed by atoms with Gasteiger partial charge in [-0.25, -0.2) is 0 Å². The first-order valence-corrected chi connectivity index (χ1v) is 5.36. The molecule has 1 aliphatic rings. The maximum absolute atomic E-state index is 11.9. The van der Waals surface area contributed by atoms with Gasteiger partial charge in [0.15, 0.2) is 0 Å². The number of hydrogen-bond donors (Lipinski definition) is 1. The number of nitrogens with zero attached hydrogens (tertiary/aromatic N) is 1. The molecule has 0 atom stereocenters. The largest absolute Gasteiger partial charge is 0.490 e. The van der Waals surface area contributed by atoms with Crippen molar-refractivity contribution in [3.05, 3.63) is 23.8 Å². The monoisotopic (exact) mass is 220 g/mol. The van der Waals surface area contributed by atoms with Crippen molar-refractivity contribution in [3.63, 3.8) is 0 Å². The Morgan fingerprint density at radius 1 is 1.44 bits per heavy atom. The van der Waals surface area contributed by atoms with E-state index in [1.54, 1.807) is 32.3 Å². The van der Waals surface area contributed by atoms with Crippen LogP contribution in [0.25, 0.3) is 0 Å². The smallest absolute Gasteiger partial charge is 0.257 e. The molecule has 86 valence electrons. The molecule has 1 amide bonds. The third kappa shape index (κ3) is 2.27. The number of nitrogen functional groups attached to an aromatic ring is 1. The van der Waals surface area contributed by atoms with Gasteiger partial charge >= 0.3 is 0 Å². The fourth-order valence-corrected chi connectivity index (χ4v) is 1.42. The van der Waals surface area contributed by atoms with Crippen LogP contribution in [-0.2, 0) is 0 Å². The third-order valence-corrected chi connectivity index (χ3v) is 2.46. The molecular weight excluding hydrogens is 204 g/mol. The van der Waals surface area contributed by atoms with Crippen LogP contribution in [0.3, 0.4) is 0 Å². The third-order valence-electron chi connectivity index (χ3n) is 2.46. The molecule has 0 bridgehead atoms. The fourth-order valence-electron chi connectivity index (χ4n) is 1.42. The lowest BCUT2D eigenvalue weighted by Crippen LogP contribution is -2.22. The van der Waals surface area contributed by atoms with Crippen LogP contribution >= 0.6 is 0 Å². The maximum Gasteiger partial charge on any atom is 0.257 e. The van der Waals surface area contributed by atoms with E-state index in [1.807, 2.05) is 0 Å². The molecule has 1 aromatic rings.